The zero-order chi connectivity index (χ0) is 14.2. The lowest BCUT2D eigenvalue weighted by Gasteiger charge is -2.01. The molecular formula is C9H6N4O5S. The van der Waals surface area contributed by atoms with Crippen molar-refractivity contribution in [1.82, 2.24) is 9.97 Å². The van der Waals surface area contributed by atoms with Crippen LogP contribution in [0.2, 0.25) is 0 Å². The average molecular weight is 282 g/mol. The number of carbonyl (C=O) groups is 1. The third-order valence-electron chi connectivity index (χ3n) is 2.13. The fourth-order valence-electron chi connectivity index (χ4n) is 1.31. The highest BCUT2D eigenvalue weighted by Crippen LogP contribution is 2.30. The first-order valence-corrected chi connectivity index (χ1v) is 5.59. The lowest BCUT2D eigenvalue weighted by Crippen LogP contribution is -2.20. The maximum atomic E-state index is 11.4. The Morgan fingerprint density at radius 1 is 1.53 bits per heavy atom. The van der Waals surface area contributed by atoms with Gasteiger partial charge in [0, 0.05) is 6.07 Å². The third kappa shape index (κ3) is 2.28. The van der Waals surface area contributed by atoms with Crippen LogP contribution in [0.4, 0.5) is 5.00 Å². The molecule has 0 aliphatic heterocycles. The Hall–Kier alpha value is -2.75. The van der Waals surface area contributed by atoms with E-state index in [0.29, 0.717) is 0 Å². The van der Waals surface area contributed by atoms with Crippen LogP contribution in [0.5, 0.6) is 5.75 Å². The van der Waals surface area contributed by atoms with Crippen molar-refractivity contribution in [2.45, 2.75) is 0 Å². The topological polar surface area (TPSA) is 152 Å². The molecule has 2 heterocycles. The highest BCUT2D eigenvalue weighted by molar-refractivity contribution is 7.18. The van der Waals surface area contributed by atoms with E-state index in [-0.39, 0.29) is 15.7 Å². The number of H-pyrrole nitrogens is 1. The molecule has 0 atom stereocenters. The van der Waals surface area contributed by atoms with Crippen molar-refractivity contribution in [1.29, 1.82) is 0 Å². The summed E-state index contributed by atoms with van der Waals surface area (Å²) in [5, 5.41) is 19.7. The van der Waals surface area contributed by atoms with E-state index in [2.05, 4.69) is 9.97 Å². The van der Waals surface area contributed by atoms with Crippen LogP contribution < -0.4 is 11.3 Å². The van der Waals surface area contributed by atoms with E-state index in [4.69, 9.17) is 5.73 Å². The minimum Gasteiger partial charge on any atom is -0.501 e. The van der Waals surface area contributed by atoms with Gasteiger partial charge in [-0.25, -0.2) is 4.98 Å². The van der Waals surface area contributed by atoms with Gasteiger partial charge < -0.3 is 15.8 Å². The summed E-state index contributed by atoms with van der Waals surface area (Å²) in [5.74, 6) is -2.03. The van der Waals surface area contributed by atoms with Gasteiger partial charge >= 0.3 is 5.00 Å². The fourth-order valence-corrected chi connectivity index (χ4v) is 2.07. The molecule has 0 aliphatic carbocycles. The number of aromatic amines is 1. The number of nitrogens with zero attached hydrogens (tertiary/aromatic N) is 2. The van der Waals surface area contributed by atoms with Gasteiger partial charge in [-0.15, -0.1) is 0 Å². The predicted molar refractivity (Wildman–Crippen MR) is 65.0 cm³/mol. The molecule has 0 aliphatic rings. The average Bonchev–Trinajstić information content (AvgIpc) is 2.81. The normalized spacial score (nSPS) is 10.3. The summed E-state index contributed by atoms with van der Waals surface area (Å²) in [5.41, 5.74) is 3.43. The van der Waals surface area contributed by atoms with Gasteiger partial charge in [-0.05, 0) is 6.07 Å². The molecule has 0 fully saturated rings. The lowest BCUT2D eigenvalue weighted by molar-refractivity contribution is -0.380. The van der Waals surface area contributed by atoms with E-state index in [1.54, 1.807) is 0 Å². The minimum absolute atomic E-state index is 0.0744. The number of hydrogen-bond acceptors (Lipinski definition) is 7. The Labute approximate surface area is 108 Å². The quantitative estimate of drug-likeness (QED) is 0.540. The standard InChI is InChI=1S/C9H6N4O5S/c10-7(15)5-6(14)9(16)12-8(11-5)3-1-2-4(19-3)13(17)18/h1-2,14H,(H2,10,15)(H,11,12,16). The Bertz CT molecular complexity index is 734. The summed E-state index contributed by atoms with van der Waals surface area (Å²) in [7, 11) is 0. The number of aromatic nitrogens is 2. The molecule has 1 amide bonds. The Morgan fingerprint density at radius 3 is 2.74 bits per heavy atom. The molecule has 0 spiro atoms. The van der Waals surface area contributed by atoms with Gasteiger partial charge in [-0.3, -0.25) is 19.7 Å². The summed E-state index contributed by atoms with van der Waals surface area (Å²) in [6.45, 7) is 0. The van der Waals surface area contributed by atoms with Gasteiger partial charge in [0.1, 0.15) is 0 Å². The molecular weight excluding hydrogens is 276 g/mol. The van der Waals surface area contributed by atoms with Crippen molar-refractivity contribution in [2.24, 2.45) is 5.73 Å². The van der Waals surface area contributed by atoms with Crippen LogP contribution in [0.1, 0.15) is 10.5 Å². The van der Waals surface area contributed by atoms with E-state index >= 15 is 0 Å². The molecule has 0 radical (unpaired) electrons. The number of nitrogens with two attached hydrogens (primary N) is 1. The number of nitro groups is 1. The molecule has 0 unspecified atom stereocenters. The molecule has 0 bridgehead atoms. The zero-order valence-electron chi connectivity index (χ0n) is 9.11. The number of rotatable bonds is 3. The minimum atomic E-state index is -1.07. The molecule has 2 rings (SSSR count). The van der Waals surface area contributed by atoms with E-state index in [1.807, 2.05) is 0 Å². The number of primary amides is 1. The molecule has 10 heteroatoms. The van der Waals surface area contributed by atoms with Crippen LogP contribution in [0, 0.1) is 10.1 Å². The van der Waals surface area contributed by atoms with Crippen LogP contribution in [0.15, 0.2) is 16.9 Å². The molecule has 9 nitrogen and oxygen atoms in total. The van der Waals surface area contributed by atoms with Crippen molar-refractivity contribution < 1.29 is 14.8 Å². The van der Waals surface area contributed by atoms with E-state index < -0.39 is 27.8 Å². The van der Waals surface area contributed by atoms with Crippen LogP contribution in [0.3, 0.4) is 0 Å². The van der Waals surface area contributed by atoms with Crippen molar-refractivity contribution in [3.63, 3.8) is 0 Å². The fraction of sp³-hybridized carbons (Fsp3) is 0. The lowest BCUT2D eigenvalue weighted by atomic mass is 10.3. The van der Waals surface area contributed by atoms with Crippen LogP contribution in [0.25, 0.3) is 10.7 Å². The van der Waals surface area contributed by atoms with Crippen LogP contribution in [-0.4, -0.2) is 25.9 Å². The number of nitrogens with one attached hydrogen (secondary N) is 1. The Balaban J connectivity index is 2.59. The number of aromatic hydroxyl groups is 1. The van der Waals surface area contributed by atoms with Gasteiger partial charge in [-0.1, -0.05) is 11.3 Å². The van der Waals surface area contributed by atoms with Gasteiger partial charge in [0.2, 0.25) is 5.75 Å². The van der Waals surface area contributed by atoms with Crippen LogP contribution >= 0.6 is 11.3 Å². The second kappa shape index (κ2) is 4.49. The SMILES string of the molecule is NC(=O)c1nc(-c2ccc([N+](=O)[O-])s2)[nH]c(=O)c1O. The van der Waals surface area contributed by atoms with Gasteiger partial charge in [0.15, 0.2) is 11.5 Å². The van der Waals surface area contributed by atoms with Gasteiger partial charge in [-0.2, -0.15) is 0 Å². The largest absolute Gasteiger partial charge is 0.501 e. The second-order valence-corrected chi connectivity index (χ2v) is 4.43. The van der Waals surface area contributed by atoms with Crippen LogP contribution in [-0.2, 0) is 0 Å². The Morgan fingerprint density at radius 2 is 2.21 bits per heavy atom. The first-order valence-electron chi connectivity index (χ1n) is 4.78. The molecule has 4 N–H and O–H groups in total. The summed E-state index contributed by atoms with van der Waals surface area (Å²) >= 11 is 0.764. The number of hydrogen-bond donors (Lipinski definition) is 3. The monoisotopic (exact) mass is 282 g/mol. The van der Waals surface area contributed by atoms with E-state index in [1.165, 1.54) is 12.1 Å². The van der Waals surface area contributed by atoms with Crippen molar-refractivity contribution in [2.75, 3.05) is 0 Å². The highest BCUT2D eigenvalue weighted by atomic mass is 32.1. The predicted octanol–water partition coefficient (Wildman–Crippen LogP) is 0.211. The molecule has 19 heavy (non-hydrogen) atoms. The zero-order valence-corrected chi connectivity index (χ0v) is 9.93. The number of carbonyl (C=O) groups excluding carboxylic acids is 1. The molecule has 0 saturated heterocycles. The third-order valence-corrected chi connectivity index (χ3v) is 3.18. The highest BCUT2D eigenvalue weighted by Gasteiger charge is 2.18. The van der Waals surface area contributed by atoms with E-state index in [0.717, 1.165) is 11.3 Å². The first kappa shape index (κ1) is 12.7. The molecule has 0 saturated carbocycles. The maximum Gasteiger partial charge on any atom is 0.324 e. The Kier molecular flexibility index (Phi) is 3.00. The molecule has 0 aromatic carbocycles. The number of thiophene rings is 1. The molecule has 2 aromatic rings. The summed E-state index contributed by atoms with van der Waals surface area (Å²) < 4.78 is 0. The van der Waals surface area contributed by atoms with Crippen molar-refractivity contribution in [3.8, 4) is 16.5 Å². The van der Waals surface area contributed by atoms with Crippen molar-refractivity contribution in [3.05, 3.63) is 38.3 Å². The van der Waals surface area contributed by atoms with E-state index in [9.17, 15) is 24.8 Å². The van der Waals surface area contributed by atoms with Crippen molar-refractivity contribution >= 4 is 22.2 Å². The maximum absolute atomic E-state index is 11.4. The van der Waals surface area contributed by atoms with Gasteiger partial charge in [0.05, 0.1) is 9.80 Å². The molecule has 98 valence electrons. The number of amides is 1. The summed E-state index contributed by atoms with van der Waals surface area (Å²) in [6.07, 6.45) is 0. The first-order chi connectivity index (χ1) is 8.90. The smallest absolute Gasteiger partial charge is 0.324 e. The molecule has 2 aromatic heterocycles. The van der Waals surface area contributed by atoms with Gasteiger partial charge in [0.25, 0.3) is 11.5 Å². The summed E-state index contributed by atoms with van der Waals surface area (Å²) in [6, 6.07) is 2.60. The summed E-state index contributed by atoms with van der Waals surface area (Å²) in [4.78, 5) is 38.5. The second-order valence-electron chi connectivity index (χ2n) is 3.37.